The van der Waals surface area contributed by atoms with Crippen LogP contribution < -0.4 is 5.32 Å². The van der Waals surface area contributed by atoms with Crippen molar-refractivity contribution in [3.8, 4) is 0 Å². The summed E-state index contributed by atoms with van der Waals surface area (Å²) in [6, 6.07) is 17.6. The zero-order valence-electron chi connectivity index (χ0n) is 16.2. The van der Waals surface area contributed by atoms with Crippen LogP contribution in [0.3, 0.4) is 0 Å². The van der Waals surface area contributed by atoms with Gasteiger partial charge in [0.15, 0.2) is 0 Å². The third-order valence-corrected chi connectivity index (χ3v) is 5.17. The number of hydrogen-bond acceptors (Lipinski definition) is 4. The van der Waals surface area contributed by atoms with E-state index in [9.17, 15) is 14.4 Å². The molecule has 2 amide bonds. The van der Waals surface area contributed by atoms with Crippen molar-refractivity contribution in [2.24, 2.45) is 0 Å². The van der Waals surface area contributed by atoms with Gasteiger partial charge in [0.05, 0.1) is 0 Å². The highest BCUT2D eigenvalue weighted by molar-refractivity contribution is 5.94. The van der Waals surface area contributed by atoms with E-state index in [0.717, 1.165) is 11.1 Å². The largest absolute Gasteiger partial charge is 0.480 e. The van der Waals surface area contributed by atoms with Gasteiger partial charge in [0.2, 0.25) is 5.91 Å². The number of carbonyl (C=O) groups excluding carboxylic acids is 2. The van der Waals surface area contributed by atoms with E-state index < -0.39 is 29.6 Å². The van der Waals surface area contributed by atoms with Crippen LogP contribution in [0.4, 0.5) is 4.79 Å². The van der Waals surface area contributed by atoms with Crippen LogP contribution in [0.5, 0.6) is 0 Å². The number of nitrogens with zero attached hydrogens (tertiary/aromatic N) is 1. The molecule has 1 saturated heterocycles. The molecule has 1 aliphatic rings. The Bertz CT molecular complexity index is 871. The highest BCUT2D eigenvalue weighted by Gasteiger charge is 2.54. The van der Waals surface area contributed by atoms with Crippen LogP contribution in [0.2, 0.25) is 0 Å². The first-order chi connectivity index (χ1) is 13.9. The average Bonchev–Trinajstić information content (AvgIpc) is 2.71. The van der Waals surface area contributed by atoms with Crippen molar-refractivity contribution >= 4 is 18.0 Å². The van der Waals surface area contributed by atoms with Crippen LogP contribution in [-0.4, -0.2) is 46.1 Å². The number of benzene rings is 2. The normalized spacial score (nSPS) is 19.0. The van der Waals surface area contributed by atoms with Crippen LogP contribution in [0.1, 0.15) is 24.5 Å². The molecule has 0 aromatic heterocycles. The lowest BCUT2D eigenvalue weighted by atomic mass is 9.78. The molecule has 0 radical (unpaired) electrons. The van der Waals surface area contributed by atoms with Gasteiger partial charge < -0.3 is 15.2 Å². The number of aliphatic carboxylic acids is 1. The summed E-state index contributed by atoms with van der Waals surface area (Å²) >= 11 is 0. The molecule has 2 N–H and O–H groups in total. The predicted molar refractivity (Wildman–Crippen MR) is 106 cm³/mol. The fourth-order valence-electron chi connectivity index (χ4n) is 3.38. The van der Waals surface area contributed by atoms with Gasteiger partial charge in [-0.05, 0) is 24.5 Å². The molecule has 7 nitrogen and oxygen atoms in total. The maximum Gasteiger partial charge on any atom is 0.411 e. The number of amides is 2. The number of carboxylic acids is 1. The van der Waals surface area contributed by atoms with Gasteiger partial charge in [-0.1, -0.05) is 60.7 Å². The predicted octanol–water partition coefficient (Wildman–Crippen LogP) is 2.60. The Morgan fingerprint density at radius 2 is 1.66 bits per heavy atom. The fourth-order valence-corrected chi connectivity index (χ4v) is 3.38. The van der Waals surface area contributed by atoms with Gasteiger partial charge in [-0.2, -0.15) is 0 Å². The van der Waals surface area contributed by atoms with Crippen LogP contribution >= 0.6 is 0 Å². The highest BCUT2D eigenvalue weighted by Crippen LogP contribution is 2.35. The molecule has 2 aromatic carbocycles. The van der Waals surface area contributed by atoms with Gasteiger partial charge in [0, 0.05) is 13.0 Å². The zero-order chi connectivity index (χ0) is 20.9. The van der Waals surface area contributed by atoms with Gasteiger partial charge in [0.25, 0.3) is 0 Å². The summed E-state index contributed by atoms with van der Waals surface area (Å²) in [5, 5.41) is 11.7. The molecule has 3 rings (SSSR count). The monoisotopic (exact) mass is 396 g/mol. The molecule has 1 aliphatic heterocycles. The third kappa shape index (κ3) is 4.56. The first-order valence-corrected chi connectivity index (χ1v) is 9.48. The van der Waals surface area contributed by atoms with Gasteiger partial charge in [-0.25, -0.2) is 4.79 Å². The number of ether oxygens (including phenoxy) is 1. The summed E-state index contributed by atoms with van der Waals surface area (Å²) in [5.41, 5.74) is 0.559. The molecule has 0 saturated carbocycles. The lowest BCUT2D eigenvalue weighted by molar-refractivity contribution is -0.147. The average molecular weight is 396 g/mol. The Balaban J connectivity index is 1.77. The maximum atomic E-state index is 13.0. The summed E-state index contributed by atoms with van der Waals surface area (Å²) < 4.78 is 5.42. The Kier molecular flexibility index (Phi) is 6.16. The van der Waals surface area contributed by atoms with Crippen LogP contribution in [0.25, 0.3) is 0 Å². The smallest absolute Gasteiger partial charge is 0.411 e. The van der Waals surface area contributed by atoms with E-state index in [1.807, 2.05) is 60.7 Å². The fraction of sp³-hybridized carbons (Fsp3) is 0.318. The second-order valence-electron chi connectivity index (χ2n) is 7.17. The minimum Gasteiger partial charge on any atom is -0.480 e. The summed E-state index contributed by atoms with van der Waals surface area (Å²) in [7, 11) is 0. The topological polar surface area (TPSA) is 95.9 Å². The molecule has 1 heterocycles. The van der Waals surface area contributed by atoms with Crippen LogP contribution in [0.15, 0.2) is 60.7 Å². The Hall–Kier alpha value is -3.35. The van der Waals surface area contributed by atoms with Crippen molar-refractivity contribution < 1.29 is 24.2 Å². The summed E-state index contributed by atoms with van der Waals surface area (Å²) in [6.45, 7) is 1.87. The van der Waals surface area contributed by atoms with E-state index in [1.54, 1.807) is 0 Å². The van der Waals surface area contributed by atoms with Gasteiger partial charge in [0.1, 0.15) is 18.2 Å². The summed E-state index contributed by atoms with van der Waals surface area (Å²) in [4.78, 5) is 38.3. The molecule has 1 fully saturated rings. The number of rotatable bonds is 7. The van der Waals surface area contributed by atoms with Crippen molar-refractivity contribution in [2.75, 3.05) is 6.54 Å². The Labute approximate surface area is 169 Å². The summed E-state index contributed by atoms with van der Waals surface area (Å²) in [6.07, 6.45) is 0.126. The molecule has 152 valence electrons. The first-order valence-electron chi connectivity index (χ1n) is 9.48. The van der Waals surface area contributed by atoms with Crippen molar-refractivity contribution in [2.45, 2.75) is 38.0 Å². The Morgan fingerprint density at radius 1 is 1.07 bits per heavy atom. The number of carbonyl (C=O) groups is 3. The standard InChI is InChI=1S/C22H24N2O5/c1-16(19(25)26)23-20(27)22(14-17-8-4-2-5-9-17)12-13-24(22)21(28)29-15-18-10-6-3-7-11-18/h2-11,16H,12-15H2,1H3,(H,23,27)(H,25,26)/t16-,22?/m0/s1. The van der Waals surface area contributed by atoms with Crippen LogP contribution in [-0.2, 0) is 27.4 Å². The lowest BCUT2D eigenvalue weighted by Gasteiger charge is -2.50. The zero-order valence-corrected chi connectivity index (χ0v) is 16.2. The van der Waals surface area contributed by atoms with Crippen molar-refractivity contribution in [3.63, 3.8) is 0 Å². The van der Waals surface area contributed by atoms with Gasteiger partial charge in [-0.3, -0.25) is 14.5 Å². The maximum absolute atomic E-state index is 13.0. The van der Waals surface area contributed by atoms with E-state index in [0.29, 0.717) is 13.0 Å². The molecule has 2 atom stereocenters. The Morgan fingerprint density at radius 3 is 2.17 bits per heavy atom. The lowest BCUT2D eigenvalue weighted by Crippen LogP contribution is -2.71. The van der Waals surface area contributed by atoms with Gasteiger partial charge in [-0.15, -0.1) is 0 Å². The van der Waals surface area contributed by atoms with E-state index in [2.05, 4.69) is 5.32 Å². The SMILES string of the molecule is C[C@H](NC(=O)C1(Cc2ccccc2)CCN1C(=O)OCc1ccccc1)C(=O)O. The third-order valence-electron chi connectivity index (χ3n) is 5.17. The molecule has 7 heteroatoms. The molecule has 0 aliphatic carbocycles. The van der Waals surface area contributed by atoms with Gasteiger partial charge >= 0.3 is 12.1 Å². The number of hydrogen-bond donors (Lipinski definition) is 2. The van der Waals surface area contributed by atoms with Crippen molar-refractivity contribution in [1.82, 2.24) is 10.2 Å². The second kappa shape index (κ2) is 8.77. The molecule has 0 bridgehead atoms. The van der Waals surface area contributed by atoms with E-state index in [4.69, 9.17) is 9.84 Å². The first kappa shape index (κ1) is 20.4. The minimum atomic E-state index is -1.17. The van der Waals surface area contributed by atoms with E-state index in [1.165, 1.54) is 11.8 Å². The minimum absolute atomic E-state index is 0.102. The van der Waals surface area contributed by atoms with E-state index >= 15 is 0 Å². The molecule has 1 unspecified atom stereocenters. The molecule has 2 aromatic rings. The van der Waals surface area contributed by atoms with E-state index in [-0.39, 0.29) is 13.0 Å². The number of nitrogens with one attached hydrogen (secondary N) is 1. The highest BCUT2D eigenvalue weighted by atomic mass is 16.6. The number of carboxylic acid groups (broad SMARTS) is 1. The van der Waals surface area contributed by atoms with Crippen molar-refractivity contribution in [3.05, 3.63) is 71.8 Å². The second-order valence-corrected chi connectivity index (χ2v) is 7.17. The molecular formula is C22H24N2O5. The van der Waals surface area contributed by atoms with Crippen LogP contribution in [0, 0.1) is 0 Å². The number of likely N-dealkylation sites (tertiary alicyclic amines) is 1. The molecular weight excluding hydrogens is 372 g/mol. The van der Waals surface area contributed by atoms with Crippen molar-refractivity contribution in [1.29, 1.82) is 0 Å². The molecule has 0 spiro atoms. The quantitative estimate of drug-likeness (QED) is 0.750. The summed E-state index contributed by atoms with van der Waals surface area (Å²) in [5.74, 6) is -1.62. The molecule has 29 heavy (non-hydrogen) atoms.